The molecule has 2 aromatic rings. The van der Waals surface area contributed by atoms with Gasteiger partial charge in [0, 0.05) is 11.4 Å². The van der Waals surface area contributed by atoms with Crippen molar-refractivity contribution in [3.8, 4) is 5.69 Å². The molecule has 4 heteroatoms. The van der Waals surface area contributed by atoms with Crippen LogP contribution in [0.25, 0.3) is 5.69 Å². The number of ketones is 1. The topological polar surface area (TPSA) is 34.9 Å². The number of benzene rings is 1. The van der Waals surface area contributed by atoms with E-state index >= 15 is 0 Å². The standard InChI is InChI=1S/C15H15ClN2O/c1-9-5-14-12(15(19)6-9)8-17-18(14)11-4-3-10(2)13(16)7-11/h3-4,7-9H,5-6H2,1-2H3/t9-/m0/s1. The molecule has 0 spiro atoms. The van der Waals surface area contributed by atoms with E-state index in [0.29, 0.717) is 12.3 Å². The van der Waals surface area contributed by atoms with Crippen LogP contribution < -0.4 is 0 Å². The lowest BCUT2D eigenvalue weighted by atomic mass is 9.88. The fourth-order valence-electron chi connectivity index (χ4n) is 2.57. The zero-order valence-corrected chi connectivity index (χ0v) is 11.7. The Labute approximate surface area is 117 Å². The van der Waals surface area contributed by atoms with Crippen molar-refractivity contribution in [3.05, 3.63) is 46.2 Å². The highest BCUT2D eigenvalue weighted by atomic mass is 35.5. The molecule has 1 heterocycles. The zero-order chi connectivity index (χ0) is 13.6. The Hall–Kier alpha value is -1.61. The van der Waals surface area contributed by atoms with Gasteiger partial charge in [-0.1, -0.05) is 24.6 Å². The molecule has 19 heavy (non-hydrogen) atoms. The van der Waals surface area contributed by atoms with Gasteiger partial charge in [-0.05, 0) is 37.0 Å². The molecule has 1 aromatic heterocycles. The van der Waals surface area contributed by atoms with Gasteiger partial charge >= 0.3 is 0 Å². The quantitative estimate of drug-likeness (QED) is 0.796. The average Bonchev–Trinajstić information content (AvgIpc) is 2.76. The molecule has 0 fully saturated rings. The fraction of sp³-hybridized carbons (Fsp3) is 0.333. The molecule has 1 aliphatic carbocycles. The molecule has 1 atom stereocenters. The van der Waals surface area contributed by atoms with E-state index in [9.17, 15) is 4.79 Å². The van der Waals surface area contributed by atoms with Crippen LogP contribution in [0.3, 0.4) is 0 Å². The van der Waals surface area contributed by atoms with E-state index in [-0.39, 0.29) is 5.78 Å². The molecule has 0 amide bonds. The summed E-state index contributed by atoms with van der Waals surface area (Å²) >= 11 is 6.16. The average molecular weight is 275 g/mol. The van der Waals surface area contributed by atoms with Gasteiger partial charge in [0.1, 0.15) is 0 Å². The van der Waals surface area contributed by atoms with E-state index in [1.54, 1.807) is 6.20 Å². The van der Waals surface area contributed by atoms with Crippen LogP contribution >= 0.6 is 11.6 Å². The molecular weight excluding hydrogens is 260 g/mol. The Morgan fingerprint density at radius 1 is 1.37 bits per heavy atom. The summed E-state index contributed by atoms with van der Waals surface area (Å²) in [6.07, 6.45) is 3.18. The van der Waals surface area contributed by atoms with Gasteiger partial charge in [0.15, 0.2) is 5.78 Å². The molecule has 3 rings (SSSR count). The summed E-state index contributed by atoms with van der Waals surface area (Å²) in [5.41, 5.74) is 3.72. The summed E-state index contributed by atoms with van der Waals surface area (Å²) in [5, 5.41) is 5.08. The highest BCUT2D eigenvalue weighted by Gasteiger charge is 2.26. The largest absolute Gasteiger partial charge is 0.294 e. The van der Waals surface area contributed by atoms with Crippen LogP contribution in [0.15, 0.2) is 24.4 Å². The fourth-order valence-corrected chi connectivity index (χ4v) is 2.74. The van der Waals surface area contributed by atoms with E-state index in [0.717, 1.165) is 34.0 Å². The number of halogens is 1. The van der Waals surface area contributed by atoms with Gasteiger partial charge in [-0.25, -0.2) is 4.68 Å². The van der Waals surface area contributed by atoms with Crippen LogP contribution in [-0.2, 0) is 6.42 Å². The Kier molecular flexibility index (Phi) is 2.94. The number of hydrogen-bond donors (Lipinski definition) is 0. The summed E-state index contributed by atoms with van der Waals surface area (Å²) in [6, 6.07) is 5.85. The van der Waals surface area contributed by atoms with Gasteiger partial charge in [-0.15, -0.1) is 0 Å². The van der Waals surface area contributed by atoms with E-state index in [1.807, 2.05) is 29.8 Å². The van der Waals surface area contributed by atoms with Crippen molar-refractivity contribution < 1.29 is 4.79 Å². The number of aromatic nitrogens is 2. The molecule has 1 aliphatic rings. The maximum atomic E-state index is 12.0. The minimum atomic E-state index is 0.193. The number of hydrogen-bond acceptors (Lipinski definition) is 2. The number of rotatable bonds is 1. The van der Waals surface area contributed by atoms with Crippen LogP contribution in [0.2, 0.25) is 5.02 Å². The van der Waals surface area contributed by atoms with E-state index in [2.05, 4.69) is 12.0 Å². The highest BCUT2D eigenvalue weighted by molar-refractivity contribution is 6.31. The molecule has 0 N–H and O–H groups in total. The van der Waals surface area contributed by atoms with Gasteiger partial charge in [0.05, 0.1) is 23.1 Å². The third-order valence-electron chi connectivity index (χ3n) is 3.64. The first-order valence-electron chi connectivity index (χ1n) is 6.43. The van der Waals surface area contributed by atoms with Crippen molar-refractivity contribution in [2.75, 3.05) is 0 Å². The predicted octanol–water partition coefficient (Wildman–Crippen LogP) is 3.60. The van der Waals surface area contributed by atoms with E-state index < -0.39 is 0 Å². The summed E-state index contributed by atoms with van der Waals surface area (Å²) in [4.78, 5) is 12.0. The van der Waals surface area contributed by atoms with Crippen molar-refractivity contribution in [2.24, 2.45) is 5.92 Å². The van der Waals surface area contributed by atoms with E-state index in [1.165, 1.54) is 0 Å². The van der Waals surface area contributed by atoms with Gasteiger partial charge in [0.2, 0.25) is 0 Å². The zero-order valence-electron chi connectivity index (χ0n) is 11.0. The lowest BCUT2D eigenvalue weighted by Crippen LogP contribution is -2.19. The highest BCUT2D eigenvalue weighted by Crippen LogP contribution is 2.28. The third-order valence-corrected chi connectivity index (χ3v) is 4.05. The van der Waals surface area contributed by atoms with Crippen LogP contribution in [0, 0.1) is 12.8 Å². The maximum absolute atomic E-state index is 12.0. The van der Waals surface area contributed by atoms with E-state index in [4.69, 9.17) is 11.6 Å². The monoisotopic (exact) mass is 274 g/mol. The lowest BCUT2D eigenvalue weighted by Gasteiger charge is -2.19. The van der Waals surface area contributed by atoms with Crippen LogP contribution in [0.4, 0.5) is 0 Å². The number of carbonyl (C=O) groups excluding carboxylic acids is 1. The summed E-state index contributed by atoms with van der Waals surface area (Å²) in [6.45, 7) is 4.07. The number of nitrogens with zero attached hydrogens (tertiary/aromatic N) is 2. The SMILES string of the molecule is Cc1ccc(-n2ncc3c2C[C@H](C)CC3=O)cc1Cl. The van der Waals surface area contributed by atoms with Crippen molar-refractivity contribution in [3.63, 3.8) is 0 Å². The minimum Gasteiger partial charge on any atom is -0.294 e. The first-order chi connectivity index (χ1) is 9.06. The number of Topliss-reactive ketones (excluding diaryl/α,β-unsaturated/α-hetero) is 1. The van der Waals surface area contributed by atoms with Gasteiger partial charge in [0.25, 0.3) is 0 Å². The first-order valence-corrected chi connectivity index (χ1v) is 6.80. The molecule has 0 saturated carbocycles. The molecule has 0 aliphatic heterocycles. The summed E-state index contributed by atoms with van der Waals surface area (Å²) < 4.78 is 1.84. The molecule has 0 bridgehead atoms. The molecular formula is C15H15ClN2O. The Balaban J connectivity index is 2.12. The Morgan fingerprint density at radius 3 is 2.89 bits per heavy atom. The Bertz CT molecular complexity index is 660. The molecule has 98 valence electrons. The molecule has 3 nitrogen and oxygen atoms in total. The maximum Gasteiger partial charge on any atom is 0.166 e. The van der Waals surface area contributed by atoms with Crippen LogP contribution in [-0.4, -0.2) is 15.6 Å². The molecule has 1 aromatic carbocycles. The first kappa shape index (κ1) is 12.4. The number of carbonyl (C=O) groups is 1. The van der Waals surface area contributed by atoms with Gasteiger partial charge < -0.3 is 0 Å². The third kappa shape index (κ3) is 2.08. The van der Waals surface area contributed by atoms with Gasteiger partial charge in [-0.2, -0.15) is 5.10 Å². The van der Waals surface area contributed by atoms with Crippen molar-refractivity contribution in [1.82, 2.24) is 9.78 Å². The second-order valence-corrected chi connectivity index (χ2v) is 5.69. The molecule has 0 radical (unpaired) electrons. The lowest BCUT2D eigenvalue weighted by molar-refractivity contribution is 0.0952. The smallest absolute Gasteiger partial charge is 0.166 e. The van der Waals surface area contributed by atoms with Crippen LogP contribution in [0.1, 0.15) is 35.0 Å². The molecule has 0 saturated heterocycles. The van der Waals surface area contributed by atoms with Crippen molar-refractivity contribution in [2.45, 2.75) is 26.7 Å². The van der Waals surface area contributed by atoms with Crippen molar-refractivity contribution in [1.29, 1.82) is 0 Å². The second-order valence-electron chi connectivity index (χ2n) is 5.29. The van der Waals surface area contributed by atoms with Crippen LogP contribution in [0.5, 0.6) is 0 Å². The van der Waals surface area contributed by atoms with Gasteiger partial charge in [-0.3, -0.25) is 4.79 Å². The number of aryl methyl sites for hydroxylation is 1. The molecule has 0 unspecified atom stereocenters. The predicted molar refractivity (Wildman–Crippen MR) is 75.1 cm³/mol. The minimum absolute atomic E-state index is 0.193. The normalized spacial score (nSPS) is 18.5. The number of fused-ring (bicyclic) bond motifs is 1. The Morgan fingerprint density at radius 2 is 2.16 bits per heavy atom. The second kappa shape index (κ2) is 4.49. The van der Waals surface area contributed by atoms with Crippen molar-refractivity contribution >= 4 is 17.4 Å². The summed E-state index contributed by atoms with van der Waals surface area (Å²) in [7, 11) is 0. The summed E-state index contributed by atoms with van der Waals surface area (Å²) in [5.74, 6) is 0.564.